The van der Waals surface area contributed by atoms with Crippen molar-refractivity contribution in [2.75, 3.05) is 18.1 Å². The number of rotatable bonds is 6. The molecule has 0 saturated carbocycles. The first-order valence-corrected chi connectivity index (χ1v) is 8.62. The Kier molecular flexibility index (Phi) is 5.96. The van der Waals surface area contributed by atoms with Gasteiger partial charge in [-0.05, 0) is 12.1 Å². The normalized spacial score (nSPS) is 17.8. The SMILES string of the molecule is CC(=O)O[C@@H](C(=O)O)[C@H]1OCCN(c2cc3ccc(=O)[nH]c3cc2OC(F)F)C1=O. The fourth-order valence-corrected chi connectivity index (χ4v) is 3.05. The number of carboxylic acids is 1. The highest BCUT2D eigenvalue weighted by Gasteiger charge is 2.43. The van der Waals surface area contributed by atoms with Crippen molar-refractivity contribution in [3.63, 3.8) is 0 Å². The molecule has 1 amide bonds. The van der Waals surface area contributed by atoms with E-state index in [9.17, 15) is 33.1 Å². The van der Waals surface area contributed by atoms with Gasteiger partial charge in [-0.1, -0.05) is 0 Å². The molecule has 12 heteroatoms. The summed E-state index contributed by atoms with van der Waals surface area (Å²) in [4.78, 5) is 50.6. The topological polar surface area (TPSA) is 135 Å². The zero-order chi connectivity index (χ0) is 22.0. The van der Waals surface area contributed by atoms with Gasteiger partial charge in [0.1, 0.15) is 0 Å². The zero-order valence-electron chi connectivity index (χ0n) is 15.5. The number of nitrogens with zero attached hydrogens (tertiary/aromatic N) is 1. The number of anilines is 1. The minimum absolute atomic E-state index is 0.0832. The average Bonchev–Trinajstić information content (AvgIpc) is 2.65. The van der Waals surface area contributed by atoms with Crippen LogP contribution >= 0.6 is 0 Å². The van der Waals surface area contributed by atoms with E-state index in [1.807, 2.05) is 0 Å². The molecule has 30 heavy (non-hydrogen) atoms. The van der Waals surface area contributed by atoms with E-state index in [-0.39, 0.29) is 24.4 Å². The van der Waals surface area contributed by atoms with Gasteiger partial charge >= 0.3 is 18.6 Å². The number of aliphatic carboxylic acids is 1. The number of hydrogen-bond acceptors (Lipinski definition) is 7. The third-order valence-corrected chi connectivity index (χ3v) is 4.24. The van der Waals surface area contributed by atoms with Crippen LogP contribution in [0, 0.1) is 0 Å². The van der Waals surface area contributed by atoms with Crippen LogP contribution in [0.1, 0.15) is 6.92 Å². The zero-order valence-corrected chi connectivity index (χ0v) is 15.5. The first-order chi connectivity index (χ1) is 14.2. The van der Waals surface area contributed by atoms with E-state index in [1.54, 1.807) is 0 Å². The Hall–Kier alpha value is -3.54. The number of pyridine rings is 1. The molecular formula is C18H16F2N2O8. The van der Waals surface area contributed by atoms with Gasteiger partial charge in [-0.15, -0.1) is 0 Å². The smallest absolute Gasteiger partial charge is 0.387 e. The molecule has 1 fully saturated rings. The number of esters is 1. The molecular weight excluding hydrogens is 410 g/mol. The molecule has 0 bridgehead atoms. The van der Waals surface area contributed by atoms with Crippen molar-refractivity contribution < 1.29 is 42.5 Å². The number of carbonyl (C=O) groups is 3. The van der Waals surface area contributed by atoms with Crippen LogP contribution < -0.4 is 15.2 Å². The van der Waals surface area contributed by atoms with Gasteiger partial charge in [-0.3, -0.25) is 14.4 Å². The molecule has 1 aliphatic heterocycles. The summed E-state index contributed by atoms with van der Waals surface area (Å²) in [5, 5.41) is 9.72. The molecule has 0 spiro atoms. The van der Waals surface area contributed by atoms with Gasteiger partial charge in [0.15, 0.2) is 11.9 Å². The maximum Gasteiger partial charge on any atom is 0.387 e. The molecule has 1 aliphatic rings. The van der Waals surface area contributed by atoms with Crippen LogP contribution in [-0.4, -0.2) is 59.9 Å². The summed E-state index contributed by atoms with van der Waals surface area (Å²) >= 11 is 0. The Morgan fingerprint density at radius 2 is 2.03 bits per heavy atom. The van der Waals surface area contributed by atoms with Crippen molar-refractivity contribution in [1.82, 2.24) is 4.98 Å². The van der Waals surface area contributed by atoms with Crippen LogP contribution in [0.2, 0.25) is 0 Å². The van der Waals surface area contributed by atoms with E-state index >= 15 is 0 Å². The highest BCUT2D eigenvalue weighted by molar-refractivity contribution is 6.03. The van der Waals surface area contributed by atoms with Crippen molar-refractivity contribution in [2.45, 2.75) is 25.7 Å². The van der Waals surface area contributed by atoms with Crippen molar-refractivity contribution >= 4 is 34.4 Å². The number of fused-ring (bicyclic) bond motifs is 1. The monoisotopic (exact) mass is 426 g/mol. The fourth-order valence-electron chi connectivity index (χ4n) is 3.05. The number of carboxylic acid groups (broad SMARTS) is 1. The Balaban J connectivity index is 2.05. The number of halogens is 2. The Morgan fingerprint density at radius 1 is 1.30 bits per heavy atom. The lowest BCUT2D eigenvalue weighted by Crippen LogP contribution is -2.55. The summed E-state index contributed by atoms with van der Waals surface area (Å²) in [6.45, 7) is -2.51. The molecule has 2 heterocycles. The predicted octanol–water partition coefficient (Wildman–Crippen LogP) is 0.878. The molecule has 0 aliphatic carbocycles. The number of morpholine rings is 1. The minimum atomic E-state index is -3.23. The summed E-state index contributed by atoms with van der Waals surface area (Å²) in [6.07, 6.45) is -3.61. The molecule has 2 N–H and O–H groups in total. The van der Waals surface area contributed by atoms with Crippen LogP contribution in [-0.2, 0) is 23.9 Å². The Bertz CT molecular complexity index is 1050. The number of aromatic nitrogens is 1. The van der Waals surface area contributed by atoms with Gasteiger partial charge in [0.25, 0.3) is 5.91 Å². The average molecular weight is 426 g/mol. The van der Waals surface area contributed by atoms with Gasteiger partial charge in [0, 0.05) is 31.0 Å². The third kappa shape index (κ3) is 4.38. The molecule has 1 aromatic heterocycles. The highest BCUT2D eigenvalue weighted by Crippen LogP contribution is 2.35. The number of aromatic amines is 1. The predicted molar refractivity (Wildman–Crippen MR) is 96.5 cm³/mol. The molecule has 0 radical (unpaired) electrons. The first kappa shape index (κ1) is 21.2. The number of alkyl halides is 2. The largest absolute Gasteiger partial charge is 0.478 e. The van der Waals surface area contributed by atoms with E-state index in [1.165, 1.54) is 18.2 Å². The standard InChI is InChI=1S/C18H16F2N2O8/c1-8(23)29-15(17(26)27)14-16(25)22(4-5-28-14)11-6-9-2-3-13(24)21-10(9)7-12(11)30-18(19)20/h2-3,6-7,14-15,18H,4-5H2,1H3,(H,21,24)(H,26,27)/t14-,15-/m1/s1. The number of benzene rings is 1. The number of H-pyrrole nitrogens is 1. The molecule has 0 unspecified atom stereocenters. The molecule has 1 aromatic carbocycles. The van der Waals surface area contributed by atoms with Crippen molar-refractivity contribution in [1.29, 1.82) is 0 Å². The van der Waals surface area contributed by atoms with E-state index in [0.29, 0.717) is 5.39 Å². The fraction of sp³-hybridized carbons (Fsp3) is 0.333. The van der Waals surface area contributed by atoms with E-state index < -0.39 is 48.0 Å². The lowest BCUT2D eigenvalue weighted by atomic mass is 10.1. The van der Waals surface area contributed by atoms with Gasteiger partial charge in [-0.25, -0.2) is 4.79 Å². The summed E-state index contributed by atoms with van der Waals surface area (Å²) in [6, 6.07) is 5.11. The van der Waals surface area contributed by atoms with E-state index in [4.69, 9.17) is 4.74 Å². The number of ether oxygens (including phenoxy) is 3. The Labute approximate surface area is 166 Å². The molecule has 2 aromatic rings. The summed E-state index contributed by atoms with van der Waals surface area (Å²) < 4.78 is 40.3. The van der Waals surface area contributed by atoms with Crippen molar-refractivity contribution in [3.05, 3.63) is 34.6 Å². The number of amides is 1. The molecule has 10 nitrogen and oxygen atoms in total. The van der Waals surface area contributed by atoms with E-state index in [0.717, 1.165) is 17.9 Å². The summed E-state index contributed by atoms with van der Waals surface area (Å²) in [5.41, 5.74) is -0.353. The van der Waals surface area contributed by atoms with Crippen LogP contribution in [0.4, 0.5) is 14.5 Å². The Morgan fingerprint density at radius 3 is 2.67 bits per heavy atom. The van der Waals surface area contributed by atoms with Crippen molar-refractivity contribution in [2.24, 2.45) is 0 Å². The van der Waals surface area contributed by atoms with Crippen LogP contribution in [0.5, 0.6) is 5.75 Å². The number of hydrogen-bond donors (Lipinski definition) is 2. The maximum absolute atomic E-state index is 12.9. The first-order valence-electron chi connectivity index (χ1n) is 8.62. The van der Waals surface area contributed by atoms with Crippen LogP contribution in [0.15, 0.2) is 29.1 Å². The lowest BCUT2D eigenvalue weighted by Gasteiger charge is -2.35. The van der Waals surface area contributed by atoms with Gasteiger partial charge in [-0.2, -0.15) is 8.78 Å². The second kappa shape index (κ2) is 8.45. The van der Waals surface area contributed by atoms with Gasteiger partial charge < -0.3 is 29.2 Å². The number of carbonyl (C=O) groups excluding carboxylic acids is 2. The molecule has 3 rings (SSSR count). The summed E-state index contributed by atoms with van der Waals surface area (Å²) in [5.74, 6) is -3.87. The maximum atomic E-state index is 12.9. The van der Waals surface area contributed by atoms with Crippen molar-refractivity contribution in [3.8, 4) is 5.75 Å². The molecule has 1 saturated heterocycles. The van der Waals surface area contributed by atoms with Gasteiger partial charge in [0.2, 0.25) is 11.7 Å². The van der Waals surface area contributed by atoms with E-state index in [2.05, 4.69) is 14.5 Å². The molecule has 2 atom stereocenters. The second-order valence-corrected chi connectivity index (χ2v) is 6.26. The second-order valence-electron chi connectivity index (χ2n) is 6.26. The lowest BCUT2D eigenvalue weighted by molar-refractivity contribution is -0.177. The van der Waals surface area contributed by atoms with Gasteiger partial charge in [0.05, 0.1) is 17.8 Å². The highest BCUT2D eigenvalue weighted by atomic mass is 19.3. The quantitative estimate of drug-likeness (QED) is 0.650. The van der Waals surface area contributed by atoms with Crippen LogP contribution in [0.3, 0.4) is 0 Å². The minimum Gasteiger partial charge on any atom is -0.478 e. The molecule has 160 valence electrons. The van der Waals surface area contributed by atoms with Crippen LogP contribution in [0.25, 0.3) is 10.9 Å². The third-order valence-electron chi connectivity index (χ3n) is 4.24. The summed E-state index contributed by atoms with van der Waals surface area (Å²) in [7, 11) is 0. The number of nitrogens with one attached hydrogen (secondary N) is 1.